The van der Waals surface area contributed by atoms with Crippen LogP contribution < -0.4 is 58.6 Å². The van der Waals surface area contributed by atoms with Crippen LogP contribution in [0.5, 0.6) is 46.0 Å². The van der Waals surface area contributed by atoms with Crippen LogP contribution in [0.2, 0.25) is 48.4 Å². The Morgan fingerprint density at radius 2 is 0.523 bits per heavy atom. The number of para-hydroxylation sites is 4. The highest BCUT2D eigenvalue weighted by atomic mass is 28.3. The molecule has 0 amide bonds. The Morgan fingerprint density at radius 3 is 0.723 bits per heavy atom. The number of unbranched alkanes of at least 4 members (excludes halogenated alkanes) is 8. The van der Waals surface area contributed by atoms with Crippen molar-refractivity contribution in [2.45, 2.75) is 125 Å². The smallest absolute Gasteiger partial charge is 0.160 e. The molecule has 0 aliphatic rings. The molecular formula is C52H76O8Si5. The van der Waals surface area contributed by atoms with Gasteiger partial charge in [0.05, 0.1) is 103 Å². The van der Waals surface area contributed by atoms with Crippen LogP contribution in [-0.2, 0) is 0 Å². The number of benzene rings is 4. The van der Waals surface area contributed by atoms with Crippen molar-refractivity contribution >= 4 is 66.9 Å². The molecule has 4 aromatic carbocycles. The van der Waals surface area contributed by atoms with Gasteiger partial charge in [0.25, 0.3) is 0 Å². The van der Waals surface area contributed by atoms with E-state index in [0.717, 1.165) is 84.1 Å². The van der Waals surface area contributed by atoms with Crippen LogP contribution in [0.25, 0.3) is 0 Å². The first-order chi connectivity index (χ1) is 31.9. The number of rotatable bonds is 36. The quantitative estimate of drug-likeness (QED) is 0.0330. The molecule has 4 aromatic rings. The van der Waals surface area contributed by atoms with E-state index in [1.54, 1.807) is 56.9 Å². The molecule has 0 heterocycles. The fourth-order valence-corrected chi connectivity index (χ4v) is 19.6. The second-order valence-corrected chi connectivity index (χ2v) is 27.2. The first kappa shape index (κ1) is 54.0. The summed E-state index contributed by atoms with van der Waals surface area (Å²) in [5, 5.41) is 5.10. The minimum Gasteiger partial charge on any atom is -0.493 e. The summed E-state index contributed by atoms with van der Waals surface area (Å²) in [5.41, 5.74) is 0. The Labute approximate surface area is 403 Å². The Kier molecular flexibility index (Phi) is 26.0. The number of hydrogen-bond acceptors (Lipinski definition) is 8. The molecule has 8 nitrogen and oxygen atoms in total. The molecule has 0 saturated heterocycles. The lowest BCUT2D eigenvalue weighted by atomic mass is 10.3. The first-order valence-corrected chi connectivity index (χ1v) is 31.4. The molecule has 0 spiro atoms. The molecule has 352 valence electrons. The summed E-state index contributed by atoms with van der Waals surface area (Å²) in [7, 11) is 15.3. The highest BCUT2D eigenvalue weighted by molar-refractivity contribution is 6.79. The Morgan fingerprint density at radius 1 is 0.292 bits per heavy atom. The second-order valence-electron chi connectivity index (χ2n) is 16.6. The van der Waals surface area contributed by atoms with Crippen molar-refractivity contribution in [1.29, 1.82) is 0 Å². The monoisotopic (exact) mass is 968 g/mol. The normalized spacial score (nSPS) is 11.3. The van der Waals surface area contributed by atoms with Gasteiger partial charge in [0.1, 0.15) is 0 Å². The van der Waals surface area contributed by atoms with E-state index in [4.69, 9.17) is 37.9 Å². The van der Waals surface area contributed by atoms with Crippen LogP contribution >= 0.6 is 0 Å². The van der Waals surface area contributed by atoms with Crippen molar-refractivity contribution in [3.63, 3.8) is 0 Å². The lowest BCUT2D eigenvalue weighted by molar-refractivity contribution is 0.357. The van der Waals surface area contributed by atoms with Crippen LogP contribution in [0.3, 0.4) is 0 Å². The van der Waals surface area contributed by atoms with Crippen LogP contribution in [0.15, 0.2) is 72.8 Å². The van der Waals surface area contributed by atoms with E-state index in [1.807, 2.05) is 24.3 Å². The lowest BCUT2D eigenvalue weighted by Gasteiger charge is -2.33. The van der Waals surface area contributed by atoms with Gasteiger partial charge in [-0.05, 0) is 45.0 Å². The summed E-state index contributed by atoms with van der Waals surface area (Å²) in [6, 6.07) is 35.8. The Hall–Kier alpha value is -3.64. The molecule has 0 N–H and O–H groups in total. The zero-order valence-corrected chi connectivity index (χ0v) is 45.8. The van der Waals surface area contributed by atoms with Crippen molar-refractivity contribution in [3.8, 4) is 46.0 Å². The molecule has 0 aromatic heterocycles. The van der Waals surface area contributed by atoms with E-state index in [1.165, 1.54) is 146 Å². The maximum Gasteiger partial charge on any atom is 0.160 e. The number of ether oxygens (including phenoxy) is 8. The molecular weight excluding hydrogens is 893 g/mol. The van der Waals surface area contributed by atoms with Crippen molar-refractivity contribution in [1.82, 2.24) is 0 Å². The zero-order valence-electron chi connectivity index (χ0n) is 40.8. The van der Waals surface area contributed by atoms with Gasteiger partial charge in [0.15, 0.2) is 46.0 Å². The molecule has 8 radical (unpaired) electrons. The summed E-state index contributed by atoms with van der Waals surface area (Å²) in [5.74, 6) is 6.90. The predicted molar refractivity (Wildman–Crippen MR) is 279 cm³/mol. The van der Waals surface area contributed by atoms with Gasteiger partial charge in [-0.1, -0.05) is 174 Å². The van der Waals surface area contributed by atoms with Gasteiger partial charge in [-0.25, -0.2) is 0 Å². The molecule has 0 aliphatic heterocycles. The topological polar surface area (TPSA) is 73.8 Å². The van der Waals surface area contributed by atoms with Gasteiger partial charge >= 0.3 is 0 Å². The summed E-state index contributed by atoms with van der Waals surface area (Å²) >= 11 is 0. The summed E-state index contributed by atoms with van der Waals surface area (Å²) in [6.45, 7) is 0. The number of hydrogen-bond donors (Lipinski definition) is 0. The van der Waals surface area contributed by atoms with E-state index < -0.39 is 8.07 Å². The fourth-order valence-electron chi connectivity index (χ4n) is 8.95. The summed E-state index contributed by atoms with van der Waals surface area (Å²) in [4.78, 5) is 0. The van der Waals surface area contributed by atoms with Crippen molar-refractivity contribution in [3.05, 3.63) is 72.8 Å². The van der Waals surface area contributed by atoms with E-state index in [9.17, 15) is 0 Å². The molecule has 4 rings (SSSR count). The van der Waals surface area contributed by atoms with Crippen LogP contribution in [-0.4, -0.2) is 103 Å². The largest absolute Gasteiger partial charge is 0.493 e. The minimum atomic E-state index is -1.54. The molecule has 0 unspecified atom stereocenters. The third kappa shape index (κ3) is 17.5. The second kappa shape index (κ2) is 31.4. The van der Waals surface area contributed by atoms with Gasteiger partial charge in [0.2, 0.25) is 0 Å². The van der Waals surface area contributed by atoms with Crippen molar-refractivity contribution in [2.75, 3.05) is 56.9 Å². The van der Waals surface area contributed by atoms with E-state index in [0.29, 0.717) is 0 Å². The Bertz CT molecular complexity index is 1660. The first-order valence-electron chi connectivity index (χ1n) is 23.7. The highest BCUT2D eigenvalue weighted by Crippen LogP contribution is 2.36. The highest BCUT2D eigenvalue weighted by Gasteiger charge is 2.31. The molecule has 65 heavy (non-hydrogen) atoms. The lowest BCUT2D eigenvalue weighted by Crippen LogP contribution is -2.34. The molecule has 0 bridgehead atoms. The molecule has 0 atom stereocenters. The average Bonchev–Trinajstić information content (AvgIpc) is 3.34. The SMILES string of the molecule is COc1cccc([Si]CCCCC[Si](CCCCC[Si]c2cccc(OC)c2OC)(CCCCC[Si]c2cccc(OC)c2OC)CCCCC[Si]c2cccc(OC)c2OC)c1OC. The van der Waals surface area contributed by atoms with Gasteiger partial charge in [0, 0.05) is 0 Å². The van der Waals surface area contributed by atoms with E-state index in [2.05, 4.69) is 48.5 Å². The van der Waals surface area contributed by atoms with Crippen LogP contribution in [0.4, 0.5) is 0 Å². The number of methoxy groups -OCH3 is 8. The predicted octanol–water partition coefficient (Wildman–Crippen LogP) is 9.98. The van der Waals surface area contributed by atoms with Crippen molar-refractivity contribution < 1.29 is 37.9 Å². The minimum absolute atomic E-state index is 0.733. The molecule has 0 saturated carbocycles. The summed E-state index contributed by atoms with van der Waals surface area (Å²) in [6.07, 6.45) is 15.7. The third-order valence-electron chi connectivity index (χ3n) is 12.4. The molecule has 0 fully saturated rings. The maximum absolute atomic E-state index is 5.76. The standard InChI is InChI=1S/C52H76O8Si5/c1-53-41-25-21-29-45(49(41)57-5)61-33-13-9-17-37-65(38-18-10-14-34-62-46-30-22-26-42(54-2)50(46)58-6,39-19-11-15-35-63-47-31-23-27-43(55-3)51(47)59-7)40-20-12-16-36-64-48-32-24-28-44(56-4)52(48)60-8/h21-32H,9-20,33-40H2,1-8H3. The fraction of sp³-hybridized carbons (Fsp3) is 0.538. The van der Waals surface area contributed by atoms with E-state index in [-0.39, 0.29) is 0 Å². The van der Waals surface area contributed by atoms with Crippen LogP contribution in [0, 0.1) is 0 Å². The average molecular weight is 970 g/mol. The Balaban J connectivity index is 1.40. The van der Waals surface area contributed by atoms with Crippen molar-refractivity contribution in [2.24, 2.45) is 0 Å². The van der Waals surface area contributed by atoms with Gasteiger partial charge in [-0.2, -0.15) is 0 Å². The zero-order chi connectivity index (χ0) is 46.5. The third-order valence-corrected chi connectivity index (χ3v) is 23.6. The summed E-state index contributed by atoms with van der Waals surface area (Å²) < 4.78 is 45.4. The molecule has 0 aliphatic carbocycles. The van der Waals surface area contributed by atoms with E-state index >= 15 is 0 Å². The molecule has 13 heteroatoms. The van der Waals surface area contributed by atoms with Gasteiger partial charge in [-0.3, -0.25) is 0 Å². The van der Waals surface area contributed by atoms with Crippen LogP contribution in [0.1, 0.15) is 77.0 Å². The van der Waals surface area contributed by atoms with Gasteiger partial charge < -0.3 is 37.9 Å². The van der Waals surface area contributed by atoms with Gasteiger partial charge in [-0.15, -0.1) is 0 Å². The maximum atomic E-state index is 5.76.